The zero-order valence-corrected chi connectivity index (χ0v) is 12.9. The molecule has 114 valence electrons. The molecule has 1 aromatic carbocycles. The van der Waals surface area contributed by atoms with E-state index in [0.717, 1.165) is 21.9 Å². The van der Waals surface area contributed by atoms with Crippen molar-refractivity contribution in [3.63, 3.8) is 0 Å². The summed E-state index contributed by atoms with van der Waals surface area (Å²) in [6.07, 6.45) is 1.68. The fraction of sp³-hybridized carbons (Fsp3) is 0.0588. The van der Waals surface area contributed by atoms with Gasteiger partial charge in [-0.15, -0.1) is 11.3 Å². The van der Waals surface area contributed by atoms with Crippen molar-refractivity contribution in [2.75, 3.05) is 0 Å². The molecule has 0 aliphatic carbocycles. The SMILES string of the molecule is Cc1ccc(-c2ccnc3n[nH]c(-c4ccc(F)cc4F)c23)s1. The fourth-order valence-corrected chi connectivity index (χ4v) is 3.52. The van der Waals surface area contributed by atoms with Crippen molar-refractivity contribution in [3.8, 4) is 21.7 Å². The van der Waals surface area contributed by atoms with E-state index >= 15 is 0 Å². The van der Waals surface area contributed by atoms with Gasteiger partial charge in [-0.3, -0.25) is 5.10 Å². The Kier molecular flexibility index (Phi) is 3.20. The van der Waals surface area contributed by atoms with Crippen LogP contribution in [0, 0.1) is 18.6 Å². The summed E-state index contributed by atoms with van der Waals surface area (Å²) in [5, 5.41) is 7.73. The van der Waals surface area contributed by atoms with Gasteiger partial charge in [0.25, 0.3) is 0 Å². The summed E-state index contributed by atoms with van der Waals surface area (Å²) in [5.74, 6) is -1.24. The third-order valence-electron chi connectivity index (χ3n) is 3.66. The van der Waals surface area contributed by atoms with Gasteiger partial charge in [0.2, 0.25) is 0 Å². The van der Waals surface area contributed by atoms with Gasteiger partial charge >= 0.3 is 0 Å². The molecule has 0 aliphatic rings. The van der Waals surface area contributed by atoms with Crippen LogP contribution in [0.25, 0.3) is 32.7 Å². The Labute approximate surface area is 134 Å². The van der Waals surface area contributed by atoms with Crippen LogP contribution in [0.5, 0.6) is 0 Å². The largest absolute Gasteiger partial charge is 0.275 e. The Bertz CT molecular complexity index is 1020. The normalized spacial score (nSPS) is 11.3. The number of nitrogens with zero attached hydrogens (tertiary/aromatic N) is 2. The van der Waals surface area contributed by atoms with Crippen molar-refractivity contribution in [3.05, 3.63) is 59.1 Å². The van der Waals surface area contributed by atoms with Gasteiger partial charge in [0.15, 0.2) is 5.65 Å². The summed E-state index contributed by atoms with van der Waals surface area (Å²) in [6, 6.07) is 9.45. The molecule has 0 radical (unpaired) electrons. The quantitative estimate of drug-likeness (QED) is 0.566. The Morgan fingerprint density at radius 2 is 1.91 bits per heavy atom. The number of aromatic nitrogens is 3. The molecule has 0 spiro atoms. The molecule has 0 amide bonds. The van der Waals surface area contributed by atoms with E-state index in [1.54, 1.807) is 17.5 Å². The number of hydrogen-bond donors (Lipinski definition) is 1. The molecule has 0 saturated carbocycles. The summed E-state index contributed by atoms with van der Waals surface area (Å²) in [7, 11) is 0. The number of fused-ring (bicyclic) bond motifs is 1. The lowest BCUT2D eigenvalue weighted by Crippen LogP contribution is -1.88. The van der Waals surface area contributed by atoms with Crippen LogP contribution >= 0.6 is 11.3 Å². The highest BCUT2D eigenvalue weighted by Gasteiger charge is 2.17. The van der Waals surface area contributed by atoms with Gasteiger partial charge in [0.05, 0.1) is 11.1 Å². The van der Waals surface area contributed by atoms with E-state index in [2.05, 4.69) is 15.2 Å². The van der Waals surface area contributed by atoms with Gasteiger partial charge in [0, 0.05) is 33.1 Å². The molecule has 0 saturated heterocycles. The lowest BCUT2D eigenvalue weighted by molar-refractivity contribution is 0.585. The number of pyridine rings is 1. The lowest BCUT2D eigenvalue weighted by Gasteiger charge is -2.05. The van der Waals surface area contributed by atoms with Crippen LogP contribution in [-0.4, -0.2) is 15.2 Å². The number of hydrogen-bond acceptors (Lipinski definition) is 3. The van der Waals surface area contributed by atoms with Crippen LogP contribution in [0.2, 0.25) is 0 Å². The van der Waals surface area contributed by atoms with Crippen LogP contribution in [0.15, 0.2) is 42.6 Å². The van der Waals surface area contributed by atoms with Crippen LogP contribution < -0.4 is 0 Å². The highest BCUT2D eigenvalue weighted by molar-refractivity contribution is 7.15. The van der Waals surface area contributed by atoms with Crippen molar-refractivity contribution >= 4 is 22.4 Å². The number of halogens is 2. The Morgan fingerprint density at radius 3 is 2.65 bits per heavy atom. The van der Waals surface area contributed by atoms with Gasteiger partial charge < -0.3 is 0 Å². The maximum Gasteiger partial charge on any atom is 0.182 e. The minimum atomic E-state index is -0.632. The molecular formula is C17H11F2N3S. The third-order valence-corrected chi connectivity index (χ3v) is 4.69. The average molecular weight is 327 g/mol. The van der Waals surface area contributed by atoms with E-state index in [9.17, 15) is 8.78 Å². The van der Waals surface area contributed by atoms with E-state index in [1.165, 1.54) is 17.0 Å². The first-order valence-electron chi connectivity index (χ1n) is 6.99. The second-order valence-electron chi connectivity index (χ2n) is 5.19. The number of thiophene rings is 1. The van der Waals surface area contributed by atoms with Gasteiger partial charge in [-0.25, -0.2) is 13.8 Å². The molecule has 6 heteroatoms. The number of aromatic amines is 1. The summed E-state index contributed by atoms with van der Waals surface area (Å²) >= 11 is 1.65. The summed E-state index contributed by atoms with van der Waals surface area (Å²) in [5.41, 5.74) is 2.22. The Hall–Kier alpha value is -2.60. The fourth-order valence-electron chi connectivity index (χ4n) is 2.62. The predicted octanol–water partition coefficient (Wildman–Crippen LogP) is 4.94. The van der Waals surface area contributed by atoms with Crippen molar-refractivity contribution in [2.45, 2.75) is 6.92 Å². The van der Waals surface area contributed by atoms with Crippen molar-refractivity contribution in [1.29, 1.82) is 0 Å². The van der Waals surface area contributed by atoms with Gasteiger partial charge in [-0.2, -0.15) is 5.10 Å². The van der Waals surface area contributed by atoms with Crippen molar-refractivity contribution in [1.82, 2.24) is 15.2 Å². The molecule has 23 heavy (non-hydrogen) atoms. The first-order chi connectivity index (χ1) is 11.1. The van der Waals surface area contributed by atoms with E-state index in [0.29, 0.717) is 11.3 Å². The number of rotatable bonds is 2. The molecule has 0 bridgehead atoms. The monoisotopic (exact) mass is 327 g/mol. The zero-order valence-electron chi connectivity index (χ0n) is 12.1. The highest BCUT2D eigenvalue weighted by Crippen LogP contribution is 2.37. The van der Waals surface area contributed by atoms with Crippen LogP contribution in [0.4, 0.5) is 8.78 Å². The van der Waals surface area contributed by atoms with Crippen LogP contribution in [0.1, 0.15) is 4.88 Å². The number of H-pyrrole nitrogens is 1. The van der Waals surface area contributed by atoms with Crippen LogP contribution in [-0.2, 0) is 0 Å². The van der Waals surface area contributed by atoms with E-state index in [4.69, 9.17) is 0 Å². The Balaban J connectivity index is 2.02. The average Bonchev–Trinajstić information content (AvgIpc) is 3.13. The molecule has 3 aromatic heterocycles. The molecule has 3 heterocycles. The first kappa shape index (κ1) is 14.0. The smallest absolute Gasteiger partial charge is 0.182 e. The van der Waals surface area contributed by atoms with Crippen LogP contribution in [0.3, 0.4) is 0 Å². The molecule has 0 unspecified atom stereocenters. The number of benzene rings is 1. The molecule has 1 N–H and O–H groups in total. The third kappa shape index (κ3) is 2.31. The second-order valence-corrected chi connectivity index (χ2v) is 6.48. The number of nitrogens with one attached hydrogen (secondary N) is 1. The van der Waals surface area contributed by atoms with E-state index in [-0.39, 0.29) is 5.56 Å². The molecular weight excluding hydrogens is 316 g/mol. The van der Waals surface area contributed by atoms with Gasteiger partial charge in [-0.05, 0) is 37.3 Å². The summed E-state index contributed by atoms with van der Waals surface area (Å²) in [6.45, 7) is 2.03. The van der Waals surface area contributed by atoms with E-state index in [1.807, 2.05) is 25.1 Å². The minimum Gasteiger partial charge on any atom is -0.275 e. The standard InChI is InChI=1S/C17H11F2N3S/c1-9-2-5-14(23-9)12-6-7-20-17-15(12)16(21-22-17)11-4-3-10(18)8-13(11)19/h2-8H,1H3,(H,20,21,22). The highest BCUT2D eigenvalue weighted by atomic mass is 32.1. The maximum atomic E-state index is 14.2. The van der Waals surface area contributed by atoms with E-state index < -0.39 is 11.6 Å². The van der Waals surface area contributed by atoms with Gasteiger partial charge in [0.1, 0.15) is 11.6 Å². The molecule has 3 nitrogen and oxygen atoms in total. The molecule has 0 atom stereocenters. The molecule has 4 aromatic rings. The van der Waals surface area contributed by atoms with Crippen molar-refractivity contribution in [2.24, 2.45) is 0 Å². The Morgan fingerprint density at radius 1 is 1.04 bits per heavy atom. The predicted molar refractivity (Wildman–Crippen MR) is 87.3 cm³/mol. The molecule has 0 fully saturated rings. The van der Waals surface area contributed by atoms with Crippen molar-refractivity contribution < 1.29 is 8.78 Å². The topological polar surface area (TPSA) is 41.6 Å². The minimum absolute atomic E-state index is 0.274. The molecule has 4 rings (SSSR count). The lowest BCUT2D eigenvalue weighted by atomic mass is 10.0. The second kappa shape index (κ2) is 5.24. The summed E-state index contributed by atoms with van der Waals surface area (Å²) < 4.78 is 27.3. The summed E-state index contributed by atoms with van der Waals surface area (Å²) in [4.78, 5) is 6.47. The molecule has 0 aliphatic heterocycles. The zero-order chi connectivity index (χ0) is 16.0. The first-order valence-corrected chi connectivity index (χ1v) is 7.80. The maximum absolute atomic E-state index is 14.2. The number of aryl methyl sites for hydroxylation is 1. The van der Waals surface area contributed by atoms with Gasteiger partial charge in [-0.1, -0.05) is 0 Å².